The topological polar surface area (TPSA) is 93.8 Å². The van der Waals surface area contributed by atoms with Crippen LogP contribution in [0.25, 0.3) is 0 Å². The van der Waals surface area contributed by atoms with Crippen LogP contribution in [0.1, 0.15) is 40.5 Å². The van der Waals surface area contributed by atoms with E-state index in [-0.39, 0.29) is 35.1 Å². The first kappa shape index (κ1) is 25.6. The molecule has 0 aromatic heterocycles. The molecule has 1 aromatic carbocycles. The molecule has 0 atom stereocenters. The lowest BCUT2D eigenvalue weighted by Crippen LogP contribution is -2.46. The van der Waals surface area contributed by atoms with Crippen molar-refractivity contribution in [2.75, 3.05) is 50.9 Å². The molecule has 1 fully saturated rings. The summed E-state index contributed by atoms with van der Waals surface area (Å²) < 4.78 is 0. The second kappa shape index (κ2) is 11.3. The third-order valence-electron chi connectivity index (χ3n) is 5.57. The monoisotopic (exact) mass is 445 g/mol. The van der Waals surface area contributed by atoms with Crippen LogP contribution in [-0.4, -0.2) is 67.9 Å². The number of hydrogen-bond donors (Lipinski definition) is 3. The van der Waals surface area contributed by atoms with Crippen LogP contribution in [0.3, 0.4) is 0 Å². The van der Waals surface area contributed by atoms with Crippen LogP contribution in [0.5, 0.6) is 0 Å². The van der Waals surface area contributed by atoms with E-state index in [9.17, 15) is 14.4 Å². The molecule has 0 radical (unpaired) electrons. The fraction of sp³-hybridized carbons (Fsp3) is 0.625. The fourth-order valence-corrected chi connectivity index (χ4v) is 3.85. The Bertz CT molecular complexity index is 781. The maximum absolute atomic E-state index is 12.6. The van der Waals surface area contributed by atoms with Gasteiger partial charge in [0.25, 0.3) is 0 Å². The van der Waals surface area contributed by atoms with E-state index in [0.717, 1.165) is 6.54 Å². The van der Waals surface area contributed by atoms with Gasteiger partial charge in [-0.25, -0.2) is 4.79 Å². The average molecular weight is 446 g/mol. The van der Waals surface area contributed by atoms with Gasteiger partial charge in [-0.15, -0.1) is 0 Å². The van der Waals surface area contributed by atoms with Crippen LogP contribution in [0.4, 0.5) is 16.2 Å². The summed E-state index contributed by atoms with van der Waals surface area (Å²) in [5.74, 6) is -0.118. The molecular formula is C24H39N5O3. The van der Waals surface area contributed by atoms with Gasteiger partial charge in [0, 0.05) is 49.4 Å². The number of carbonyl (C=O) groups is 3. The summed E-state index contributed by atoms with van der Waals surface area (Å²) in [4.78, 5) is 40.8. The van der Waals surface area contributed by atoms with Crippen molar-refractivity contribution in [2.24, 2.45) is 17.3 Å². The highest BCUT2D eigenvalue weighted by molar-refractivity contribution is 5.93. The minimum absolute atomic E-state index is 0.00684. The molecule has 4 amide bonds. The maximum atomic E-state index is 12.6. The van der Waals surface area contributed by atoms with Crippen LogP contribution >= 0.6 is 0 Å². The number of urea groups is 1. The van der Waals surface area contributed by atoms with E-state index in [1.54, 1.807) is 29.2 Å². The maximum Gasteiger partial charge on any atom is 0.321 e. The molecule has 8 nitrogen and oxygen atoms in total. The Morgan fingerprint density at radius 1 is 1.03 bits per heavy atom. The van der Waals surface area contributed by atoms with E-state index >= 15 is 0 Å². The summed E-state index contributed by atoms with van der Waals surface area (Å²) in [6.07, 6.45) is 1.32. The number of piperidine rings is 1. The predicted molar refractivity (Wildman–Crippen MR) is 129 cm³/mol. The molecule has 1 aliphatic heterocycles. The zero-order chi connectivity index (χ0) is 23.9. The molecule has 1 aliphatic rings. The highest BCUT2D eigenvalue weighted by atomic mass is 16.2. The average Bonchev–Trinajstić information content (AvgIpc) is 2.72. The molecule has 2 rings (SSSR count). The quantitative estimate of drug-likeness (QED) is 0.573. The predicted octanol–water partition coefficient (Wildman–Crippen LogP) is 3.23. The Morgan fingerprint density at radius 3 is 2.06 bits per heavy atom. The van der Waals surface area contributed by atoms with Gasteiger partial charge >= 0.3 is 6.03 Å². The molecule has 0 spiro atoms. The van der Waals surface area contributed by atoms with Gasteiger partial charge in [0.15, 0.2) is 0 Å². The first-order valence-corrected chi connectivity index (χ1v) is 11.4. The summed E-state index contributed by atoms with van der Waals surface area (Å²) >= 11 is 0. The van der Waals surface area contributed by atoms with Crippen LogP contribution < -0.4 is 16.0 Å². The fourth-order valence-electron chi connectivity index (χ4n) is 3.85. The number of likely N-dealkylation sites (tertiary alicyclic amines) is 1. The molecule has 1 aromatic rings. The largest absolute Gasteiger partial charge is 0.355 e. The number of amides is 4. The lowest BCUT2D eigenvalue weighted by Gasteiger charge is -2.33. The molecule has 32 heavy (non-hydrogen) atoms. The minimum Gasteiger partial charge on any atom is -0.355 e. The molecule has 0 bridgehead atoms. The molecule has 3 N–H and O–H groups in total. The number of nitrogens with one attached hydrogen (secondary N) is 3. The Hall–Kier alpha value is -2.61. The Balaban J connectivity index is 1.77. The van der Waals surface area contributed by atoms with Gasteiger partial charge in [0.05, 0.1) is 0 Å². The normalized spacial score (nSPS) is 15.1. The van der Waals surface area contributed by atoms with Gasteiger partial charge in [-0.3, -0.25) is 9.59 Å². The van der Waals surface area contributed by atoms with Gasteiger partial charge in [0.1, 0.15) is 0 Å². The van der Waals surface area contributed by atoms with Crippen LogP contribution in [0.15, 0.2) is 24.3 Å². The number of nitrogens with zero attached hydrogens (tertiary/aromatic N) is 2. The number of carbonyl (C=O) groups excluding carboxylic acids is 3. The van der Waals surface area contributed by atoms with E-state index in [4.69, 9.17) is 0 Å². The van der Waals surface area contributed by atoms with E-state index < -0.39 is 0 Å². The van der Waals surface area contributed by atoms with Crippen LogP contribution in [-0.2, 0) is 9.59 Å². The third-order valence-corrected chi connectivity index (χ3v) is 5.57. The second-order valence-corrected chi connectivity index (χ2v) is 10.0. The minimum atomic E-state index is -0.171. The SMILES string of the molecule is CC(C)C(=O)Nc1ccc(NC(=O)N2CCC(C(=O)NCC(C)(C)CN(C)C)CC2)cc1. The number of benzene rings is 1. The van der Waals surface area contributed by atoms with Crippen LogP contribution in [0, 0.1) is 17.3 Å². The Kier molecular flexibility index (Phi) is 9.07. The lowest BCUT2D eigenvalue weighted by atomic mass is 9.91. The zero-order valence-corrected chi connectivity index (χ0v) is 20.3. The van der Waals surface area contributed by atoms with Gasteiger partial charge in [0.2, 0.25) is 11.8 Å². The Labute approximate surface area is 192 Å². The zero-order valence-electron chi connectivity index (χ0n) is 20.3. The van der Waals surface area contributed by atoms with Crippen molar-refractivity contribution < 1.29 is 14.4 Å². The van der Waals surface area contributed by atoms with Crippen molar-refractivity contribution in [1.82, 2.24) is 15.1 Å². The van der Waals surface area contributed by atoms with E-state index in [0.29, 0.717) is 43.9 Å². The van der Waals surface area contributed by atoms with Crippen molar-refractivity contribution in [1.29, 1.82) is 0 Å². The number of hydrogen-bond acceptors (Lipinski definition) is 4. The molecule has 0 aliphatic carbocycles. The van der Waals surface area contributed by atoms with Crippen molar-refractivity contribution in [2.45, 2.75) is 40.5 Å². The van der Waals surface area contributed by atoms with E-state index in [2.05, 4.69) is 34.7 Å². The lowest BCUT2D eigenvalue weighted by molar-refractivity contribution is -0.126. The van der Waals surface area contributed by atoms with Gasteiger partial charge in [-0.2, -0.15) is 0 Å². The van der Waals surface area contributed by atoms with Gasteiger partial charge in [-0.05, 0) is 56.6 Å². The second-order valence-electron chi connectivity index (χ2n) is 10.0. The summed E-state index contributed by atoms with van der Waals surface area (Å²) in [7, 11) is 4.06. The highest BCUT2D eigenvalue weighted by Crippen LogP contribution is 2.21. The summed E-state index contributed by atoms with van der Waals surface area (Å²) in [5, 5.41) is 8.81. The van der Waals surface area contributed by atoms with E-state index in [1.807, 2.05) is 27.9 Å². The van der Waals surface area contributed by atoms with Crippen molar-refractivity contribution in [3.8, 4) is 0 Å². The molecule has 8 heteroatoms. The van der Waals surface area contributed by atoms with Crippen molar-refractivity contribution in [3.05, 3.63) is 24.3 Å². The van der Waals surface area contributed by atoms with Crippen molar-refractivity contribution in [3.63, 3.8) is 0 Å². The summed E-state index contributed by atoms with van der Waals surface area (Å²) in [6.45, 7) is 10.6. The molecule has 0 unspecified atom stereocenters. The molecule has 0 saturated carbocycles. The molecule has 1 heterocycles. The summed E-state index contributed by atoms with van der Waals surface area (Å²) in [6, 6.07) is 6.90. The highest BCUT2D eigenvalue weighted by Gasteiger charge is 2.28. The number of rotatable bonds is 8. The first-order valence-electron chi connectivity index (χ1n) is 11.4. The first-order chi connectivity index (χ1) is 15.0. The van der Waals surface area contributed by atoms with Gasteiger partial charge < -0.3 is 25.8 Å². The van der Waals surface area contributed by atoms with Crippen molar-refractivity contribution >= 4 is 29.2 Å². The summed E-state index contributed by atoms with van der Waals surface area (Å²) in [5.41, 5.74) is 1.37. The Morgan fingerprint density at radius 2 is 1.56 bits per heavy atom. The third kappa shape index (κ3) is 8.15. The molecular weight excluding hydrogens is 406 g/mol. The molecule has 178 valence electrons. The number of anilines is 2. The molecule has 1 saturated heterocycles. The van der Waals surface area contributed by atoms with E-state index in [1.165, 1.54) is 0 Å². The standard InChI is InChI=1S/C24H39N5O3/c1-17(2)21(30)26-19-7-9-20(10-8-19)27-23(32)29-13-11-18(12-14-29)22(31)25-15-24(3,4)16-28(5)6/h7-10,17-18H,11-16H2,1-6H3,(H,25,31)(H,26,30)(H,27,32). The van der Waals surface area contributed by atoms with Crippen LogP contribution in [0.2, 0.25) is 0 Å². The van der Waals surface area contributed by atoms with Gasteiger partial charge in [-0.1, -0.05) is 27.7 Å². The smallest absolute Gasteiger partial charge is 0.321 e.